The fourth-order valence-electron chi connectivity index (χ4n) is 2.47. The number of ether oxygens (including phenoxy) is 1. The lowest BCUT2D eigenvalue weighted by atomic mass is 10.2. The summed E-state index contributed by atoms with van der Waals surface area (Å²) in [6.45, 7) is 2.97. The van der Waals surface area contributed by atoms with Crippen molar-refractivity contribution in [2.75, 3.05) is 7.11 Å². The third-order valence-corrected chi connectivity index (χ3v) is 4.74. The van der Waals surface area contributed by atoms with Crippen molar-refractivity contribution in [1.82, 2.24) is 14.5 Å². The van der Waals surface area contributed by atoms with Gasteiger partial charge in [-0.05, 0) is 12.1 Å². The molecule has 21 heavy (non-hydrogen) atoms. The van der Waals surface area contributed by atoms with Crippen LogP contribution in [-0.4, -0.2) is 21.6 Å². The third-order valence-electron chi connectivity index (χ3n) is 3.49. The van der Waals surface area contributed by atoms with Gasteiger partial charge in [0.05, 0.1) is 23.5 Å². The molecule has 2 heterocycles. The van der Waals surface area contributed by atoms with E-state index in [1.807, 2.05) is 23.7 Å². The molecule has 0 spiro atoms. The number of hydrogen-bond acceptors (Lipinski definition) is 4. The molecule has 0 N–H and O–H groups in total. The maximum absolute atomic E-state index is 6.07. The van der Waals surface area contributed by atoms with Crippen molar-refractivity contribution in [3.63, 3.8) is 0 Å². The van der Waals surface area contributed by atoms with E-state index in [0.29, 0.717) is 11.8 Å². The molecular formula is C15H16ClN3OS. The highest BCUT2D eigenvalue weighted by atomic mass is 35.5. The summed E-state index contributed by atoms with van der Waals surface area (Å²) < 4.78 is 7.55. The number of nitrogens with zero attached hydrogens (tertiary/aromatic N) is 3. The van der Waals surface area contributed by atoms with Crippen LogP contribution in [0.2, 0.25) is 0 Å². The number of alkyl halides is 1. The zero-order chi connectivity index (χ0) is 14.8. The molecule has 110 valence electrons. The molecule has 1 aromatic carbocycles. The van der Waals surface area contributed by atoms with E-state index in [4.69, 9.17) is 16.3 Å². The SMILES string of the molecule is COc1cccc2c1nc(CCl)n2CC(C)c1nccs1. The molecule has 0 bridgehead atoms. The van der Waals surface area contributed by atoms with E-state index in [1.54, 1.807) is 18.4 Å². The van der Waals surface area contributed by atoms with Gasteiger partial charge in [-0.3, -0.25) is 0 Å². The van der Waals surface area contributed by atoms with Crippen LogP contribution in [0.1, 0.15) is 23.7 Å². The summed E-state index contributed by atoms with van der Waals surface area (Å²) in [5.41, 5.74) is 1.91. The fourth-order valence-corrected chi connectivity index (χ4v) is 3.36. The topological polar surface area (TPSA) is 39.9 Å². The zero-order valence-electron chi connectivity index (χ0n) is 11.9. The monoisotopic (exact) mass is 321 g/mol. The molecule has 1 atom stereocenters. The Morgan fingerprint density at radius 2 is 2.29 bits per heavy atom. The lowest BCUT2D eigenvalue weighted by molar-refractivity contribution is 0.419. The van der Waals surface area contributed by atoms with Gasteiger partial charge in [-0.15, -0.1) is 22.9 Å². The minimum atomic E-state index is 0.315. The van der Waals surface area contributed by atoms with Crippen molar-refractivity contribution in [2.24, 2.45) is 0 Å². The van der Waals surface area contributed by atoms with Crippen LogP contribution >= 0.6 is 22.9 Å². The Bertz CT molecular complexity index is 739. The van der Waals surface area contributed by atoms with Crippen LogP contribution in [-0.2, 0) is 12.4 Å². The van der Waals surface area contributed by atoms with Crippen LogP contribution in [0.4, 0.5) is 0 Å². The van der Waals surface area contributed by atoms with Crippen molar-refractivity contribution in [3.05, 3.63) is 40.6 Å². The normalized spacial score (nSPS) is 12.7. The lowest BCUT2D eigenvalue weighted by Crippen LogP contribution is -2.08. The highest BCUT2D eigenvalue weighted by Gasteiger charge is 2.17. The first-order valence-corrected chi connectivity index (χ1v) is 8.13. The molecule has 6 heteroatoms. The van der Waals surface area contributed by atoms with Crippen molar-refractivity contribution < 1.29 is 4.74 Å². The van der Waals surface area contributed by atoms with Crippen molar-refractivity contribution in [2.45, 2.75) is 25.3 Å². The Morgan fingerprint density at radius 3 is 2.95 bits per heavy atom. The minimum absolute atomic E-state index is 0.315. The molecule has 0 amide bonds. The van der Waals surface area contributed by atoms with Crippen LogP contribution in [0, 0.1) is 0 Å². The van der Waals surface area contributed by atoms with E-state index in [-0.39, 0.29) is 0 Å². The van der Waals surface area contributed by atoms with Crippen LogP contribution in [0.15, 0.2) is 29.8 Å². The van der Waals surface area contributed by atoms with Gasteiger partial charge in [0.1, 0.15) is 17.1 Å². The van der Waals surface area contributed by atoms with Gasteiger partial charge in [0.2, 0.25) is 0 Å². The quantitative estimate of drug-likeness (QED) is 0.666. The predicted molar refractivity (Wildman–Crippen MR) is 86.4 cm³/mol. The van der Waals surface area contributed by atoms with Gasteiger partial charge in [-0.1, -0.05) is 13.0 Å². The number of imidazole rings is 1. The number of para-hydroxylation sites is 1. The summed E-state index contributed by atoms with van der Waals surface area (Å²) in [6, 6.07) is 5.95. The summed E-state index contributed by atoms with van der Waals surface area (Å²) in [6.07, 6.45) is 1.84. The average molecular weight is 322 g/mol. The first-order valence-electron chi connectivity index (χ1n) is 6.72. The molecule has 0 radical (unpaired) electrons. The standard InChI is InChI=1S/C15H16ClN3OS/c1-10(15-17-6-7-21-15)9-19-11-4-3-5-12(20-2)14(11)18-13(19)8-16/h3-7,10H,8-9H2,1-2H3. The summed E-state index contributed by atoms with van der Waals surface area (Å²) in [5, 5.41) is 3.13. The molecule has 0 aliphatic heterocycles. The second-order valence-electron chi connectivity index (χ2n) is 4.87. The Kier molecular flexibility index (Phi) is 4.12. The molecule has 3 rings (SSSR count). The number of thiazole rings is 1. The number of methoxy groups -OCH3 is 1. The van der Waals surface area contributed by atoms with Gasteiger partial charge in [0.25, 0.3) is 0 Å². The molecule has 1 unspecified atom stereocenters. The van der Waals surface area contributed by atoms with Crippen LogP contribution < -0.4 is 4.74 Å². The molecule has 4 nitrogen and oxygen atoms in total. The van der Waals surface area contributed by atoms with Gasteiger partial charge >= 0.3 is 0 Å². The van der Waals surface area contributed by atoms with Gasteiger partial charge in [-0.2, -0.15) is 0 Å². The van der Waals surface area contributed by atoms with Gasteiger partial charge in [0.15, 0.2) is 0 Å². The van der Waals surface area contributed by atoms with Gasteiger partial charge < -0.3 is 9.30 Å². The number of rotatable bonds is 5. The summed E-state index contributed by atoms with van der Waals surface area (Å²) >= 11 is 7.75. The molecule has 0 saturated heterocycles. The van der Waals surface area contributed by atoms with E-state index in [1.165, 1.54) is 0 Å². The largest absolute Gasteiger partial charge is 0.494 e. The van der Waals surface area contributed by atoms with E-state index >= 15 is 0 Å². The van der Waals surface area contributed by atoms with Crippen LogP contribution in [0.3, 0.4) is 0 Å². The Balaban J connectivity index is 2.04. The maximum atomic E-state index is 6.07. The first kappa shape index (κ1) is 14.4. The fraction of sp³-hybridized carbons (Fsp3) is 0.333. The number of benzene rings is 1. The molecule has 3 aromatic rings. The Morgan fingerprint density at radius 1 is 1.43 bits per heavy atom. The zero-order valence-corrected chi connectivity index (χ0v) is 13.5. The highest BCUT2D eigenvalue weighted by molar-refractivity contribution is 7.09. The summed E-state index contributed by atoms with van der Waals surface area (Å²) in [4.78, 5) is 9.02. The van der Waals surface area contributed by atoms with E-state index in [9.17, 15) is 0 Å². The highest BCUT2D eigenvalue weighted by Crippen LogP contribution is 2.29. The Labute approximate surface area is 132 Å². The molecular weight excluding hydrogens is 306 g/mol. The van der Waals surface area contributed by atoms with Crippen LogP contribution in [0.25, 0.3) is 11.0 Å². The van der Waals surface area contributed by atoms with Crippen molar-refractivity contribution in [1.29, 1.82) is 0 Å². The minimum Gasteiger partial charge on any atom is -0.494 e. The molecule has 2 aromatic heterocycles. The number of fused-ring (bicyclic) bond motifs is 1. The smallest absolute Gasteiger partial charge is 0.146 e. The summed E-state index contributed by atoms with van der Waals surface area (Å²) in [5.74, 6) is 2.33. The maximum Gasteiger partial charge on any atom is 0.146 e. The lowest BCUT2D eigenvalue weighted by Gasteiger charge is -2.12. The van der Waals surface area contributed by atoms with Gasteiger partial charge in [-0.25, -0.2) is 9.97 Å². The van der Waals surface area contributed by atoms with E-state index < -0.39 is 0 Å². The predicted octanol–water partition coefficient (Wildman–Crippen LogP) is 4.04. The van der Waals surface area contributed by atoms with Crippen LogP contribution in [0.5, 0.6) is 5.75 Å². The van der Waals surface area contributed by atoms with Crippen molar-refractivity contribution >= 4 is 34.0 Å². The molecule has 0 aliphatic rings. The molecule has 0 saturated carbocycles. The molecule has 0 fully saturated rings. The second-order valence-corrected chi connectivity index (χ2v) is 6.07. The van der Waals surface area contributed by atoms with Crippen molar-refractivity contribution in [3.8, 4) is 5.75 Å². The second kappa shape index (κ2) is 6.03. The number of halogens is 1. The number of aromatic nitrogens is 3. The van der Waals surface area contributed by atoms with E-state index in [2.05, 4.69) is 27.5 Å². The Hall–Kier alpha value is -1.59. The average Bonchev–Trinajstić information content (AvgIpc) is 3.14. The van der Waals surface area contributed by atoms with Gasteiger partial charge in [0, 0.05) is 24.0 Å². The number of hydrogen-bond donors (Lipinski definition) is 0. The summed E-state index contributed by atoms with van der Waals surface area (Å²) in [7, 11) is 1.66. The molecule has 0 aliphatic carbocycles. The first-order chi connectivity index (χ1) is 10.2. The van der Waals surface area contributed by atoms with E-state index in [0.717, 1.165) is 34.2 Å². The third kappa shape index (κ3) is 2.63.